The molecule has 3 fully saturated rings. The summed E-state index contributed by atoms with van der Waals surface area (Å²) in [5, 5.41) is 10.5. The second kappa shape index (κ2) is 7.65. The van der Waals surface area contributed by atoms with Gasteiger partial charge in [-0.1, -0.05) is 32.4 Å². The molecule has 0 aromatic rings. The Morgan fingerprint density at radius 1 is 1.13 bits per heavy atom. The topological polar surface area (TPSA) is 72.8 Å². The summed E-state index contributed by atoms with van der Waals surface area (Å²) in [6.45, 7) is 10.4. The highest BCUT2D eigenvalue weighted by atomic mass is 16.5. The van der Waals surface area contributed by atoms with Gasteiger partial charge in [-0.05, 0) is 68.1 Å². The standard InChI is InChI=1S/C25H38O5/c1-14-10-18-12-19(28)11-15(2)25(18,13-29-16(3)26)21-8-9-24(5)20(23(14)21)6-7-22(24)30-17(4)27/h12,14-15,19-23,28H,6-11,13H2,1-5H3/t14-,15+,19+,20+,21+,22+,23+,24+,25+/m1/s1. The molecule has 0 amide bonds. The molecule has 4 aliphatic rings. The molecule has 168 valence electrons. The molecule has 0 aliphatic heterocycles. The van der Waals surface area contributed by atoms with E-state index in [1.165, 1.54) is 19.4 Å². The summed E-state index contributed by atoms with van der Waals surface area (Å²) in [5.74, 6) is 1.84. The van der Waals surface area contributed by atoms with E-state index in [0.29, 0.717) is 30.3 Å². The van der Waals surface area contributed by atoms with Crippen molar-refractivity contribution < 1.29 is 24.2 Å². The third-order valence-electron chi connectivity index (χ3n) is 9.39. The van der Waals surface area contributed by atoms with Crippen LogP contribution in [0.5, 0.6) is 0 Å². The minimum atomic E-state index is -0.405. The van der Waals surface area contributed by atoms with E-state index >= 15 is 0 Å². The summed E-state index contributed by atoms with van der Waals surface area (Å²) in [7, 11) is 0. The molecular weight excluding hydrogens is 380 g/mol. The van der Waals surface area contributed by atoms with Gasteiger partial charge in [-0.15, -0.1) is 0 Å². The van der Waals surface area contributed by atoms with Gasteiger partial charge in [0, 0.05) is 24.7 Å². The molecule has 0 aromatic heterocycles. The summed E-state index contributed by atoms with van der Waals surface area (Å²) in [5.41, 5.74) is 1.16. The maximum absolute atomic E-state index is 11.8. The van der Waals surface area contributed by atoms with Crippen molar-refractivity contribution in [1.29, 1.82) is 0 Å². The third-order valence-corrected chi connectivity index (χ3v) is 9.39. The predicted molar refractivity (Wildman–Crippen MR) is 113 cm³/mol. The van der Waals surface area contributed by atoms with Crippen LogP contribution < -0.4 is 0 Å². The van der Waals surface area contributed by atoms with Crippen molar-refractivity contribution in [2.75, 3.05) is 6.61 Å². The lowest BCUT2D eigenvalue weighted by Gasteiger charge is -2.62. The van der Waals surface area contributed by atoms with E-state index in [2.05, 4.69) is 26.8 Å². The highest BCUT2D eigenvalue weighted by Crippen LogP contribution is 2.68. The van der Waals surface area contributed by atoms with E-state index < -0.39 is 6.10 Å². The summed E-state index contributed by atoms with van der Waals surface area (Å²) in [6, 6.07) is 0. The quantitative estimate of drug-likeness (QED) is 0.547. The van der Waals surface area contributed by atoms with E-state index in [1.54, 1.807) is 0 Å². The fourth-order valence-electron chi connectivity index (χ4n) is 8.19. The molecule has 0 unspecified atom stereocenters. The van der Waals surface area contributed by atoms with Gasteiger partial charge in [-0.3, -0.25) is 9.59 Å². The normalized spacial score (nSPS) is 47.4. The maximum atomic E-state index is 11.8. The zero-order chi connectivity index (χ0) is 21.8. The maximum Gasteiger partial charge on any atom is 0.302 e. The van der Waals surface area contributed by atoms with Crippen molar-refractivity contribution in [3.05, 3.63) is 11.6 Å². The van der Waals surface area contributed by atoms with Gasteiger partial charge in [0.2, 0.25) is 0 Å². The molecule has 9 atom stereocenters. The fraction of sp³-hybridized carbons (Fsp3) is 0.840. The van der Waals surface area contributed by atoms with Gasteiger partial charge in [0.15, 0.2) is 0 Å². The minimum Gasteiger partial charge on any atom is -0.465 e. The van der Waals surface area contributed by atoms with E-state index in [0.717, 1.165) is 38.5 Å². The molecule has 0 radical (unpaired) electrons. The van der Waals surface area contributed by atoms with Crippen LogP contribution in [0.2, 0.25) is 0 Å². The van der Waals surface area contributed by atoms with Crippen LogP contribution in [-0.4, -0.2) is 35.9 Å². The molecule has 1 N–H and O–H groups in total. The van der Waals surface area contributed by atoms with E-state index in [9.17, 15) is 14.7 Å². The van der Waals surface area contributed by atoms with Crippen molar-refractivity contribution in [2.45, 2.75) is 85.4 Å². The highest BCUT2D eigenvalue weighted by molar-refractivity contribution is 5.66. The molecule has 3 saturated carbocycles. The number of esters is 2. The lowest BCUT2D eigenvalue weighted by molar-refractivity contribution is -0.166. The van der Waals surface area contributed by atoms with Crippen LogP contribution in [-0.2, 0) is 19.1 Å². The lowest BCUT2D eigenvalue weighted by Crippen LogP contribution is -2.59. The molecule has 0 saturated heterocycles. The van der Waals surface area contributed by atoms with Crippen LogP contribution in [0.25, 0.3) is 0 Å². The SMILES string of the molecule is CC(=O)OC[C@@]12C(=C[C@@H](O)C[C@@H]1C)C[C@@H](C)[C@H]1[C@@H]3CC[C@H](OC(C)=O)[C@@]3(C)CC[C@@H]12. The number of carbonyl (C=O) groups is 2. The Kier molecular flexibility index (Phi) is 5.57. The van der Waals surface area contributed by atoms with Crippen LogP contribution in [0, 0.1) is 40.4 Å². The first-order valence-corrected chi connectivity index (χ1v) is 11.8. The molecule has 4 rings (SSSR count). The van der Waals surface area contributed by atoms with Crippen molar-refractivity contribution >= 4 is 11.9 Å². The number of carbonyl (C=O) groups excluding carboxylic acids is 2. The fourth-order valence-corrected chi connectivity index (χ4v) is 8.19. The Labute approximate surface area is 180 Å². The van der Waals surface area contributed by atoms with Crippen LogP contribution >= 0.6 is 0 Å². The van der Waals surface area contributed by atoms with E-state index in [-0.39, 0.29) is 34.8 Å². The van der Waals surface area contributed by atoms with Crippen molar-refractivity contribution in [3.63, 3.8) is 0 Å². The Morgan fingerprint density at radius 3 is 2.53 bits per heavy atom. The first kappa shape index (κ1) is 21.9. The Balaban J connectivity index is 1.73. The summed E-state index contributed by atoms with van der Waals surface area (Å²) < 4.78 is 11.5. The predicted octanol–water partition coefficient (Wildman–Crippen LogP) is 4.28. The smallest absolute Gasteiger partial charge is 0.302 e. The summed E-state index contributed by atoms with van der Waals surface area (Å²) >= 11 is 0. The molecule has 5 heteroatoms. The minimum absolute atomic E-state index is 0.0140. The zero-order valence-electron chi connectivity index (χ0n) is 19.1. The lowest BCUT2D eigenvalue weighted by atomic mass is 9.43. The molecule has 5 nitrogen and oxygen atoms in total. The average Bonchev–Trinajstić information content (AvgIpc) is 2.96. The highest BCUT2D eigenvalue weighted by Gasteiger charge is 2.64. The van der Waals surface area contributed by atoms with Gasteiger partial charge in [0.05, 0.1) is 6.10 Å². The average molecular weight is 419 g/mol. The van der Waals surface area contributed by atoms with Crippen LogP contribution in [0.3, 0.4) is 0 Å². The number of aliphatic hydroxyl groups excluding tert-OH is 1. The van der Waals surface area contributed by atoms with E-state index in [4.69, 9.17) is 9.47 Å². The summed E-state index contributed by atoms with van der Waals surface area (Å²) in [4.78, 5) is 23.5. The van der Waals surface area contributed by atoms with Crippen molar-refractivity contribution in [1.82, 2.24) is 0 Å². The van der Waals surface area contributed by atoms with Gasteiger partial charge in [0.25, 0.3) is 0 Å². The second-order valence-electron chi connectivity index (χ2n) is 10.9. The molecular formula is C25H38O5. The zero-order valence-corrected chi connectivity index (χ0v) is 19.1. The molecule has 0 aromatic carbocycles. The van der Waals surface area contributed by atoms with Crippen LogP contribution in [0.1, 0.15) is 73.1 Å². The number of aliphatic hydroxyl groups is 1. The van der Waals surface area contributed by atoms with Crippen molar-refractivity contribution in [3.8, 4) is 0 Å². The first-order valence-electron chi connectivity index (χ1n) is 11.8. The second-order valence-corrected chi connectivity index (χ2v) is 10.9. The van der Waals surface area contributed by atoms with Crippen LogP contribution in [0.15, 0.2) is 11.6 Å². The largest absolute Gasteiger partial charge is 0.465 e. The number of hydrogen-bond donors (Lipinski definition) is 1. The van der Waals surface area contributed by atoms with Gasteiger partial charge in [0.1, 0.15) is 12.7 Å². The number of ether oxygens (including phenoxy) is 2. The third kappa shape index (κ3) is 3.23. The van der Waals surface area contributed by atoms with Gasteiger partial charge in [-0.25, -0.2) is 0 Å². The number of rotatable bonds is 3. The monoisotopic (exact) mass is 418 g/mol. The number of hydrogen-bond acceptors (Lipinski definition) is 5. The molecule has 30 heavy (non-hydrogen) atoms. The number of fused-ring (bicyclic) bond motifs is 5. The molecule has 0 spiro atoms. The van der Waals surface area contributed by atoms with Gasteiger partial charge < -0.3 is 14.6 Å². The Morgan fingerprint density at radius 2 is 1.87 bits per heavy atom. The van der Waals surface area contributed by atoms with Gasteiger partial charge >= 0.3 is 11.9 Å². The van der Waals surface area contributed by atoms with Gasteiger partial charge in [-0.2, -0.15) is 0 Å². The first-order chi connectivity index (χ1) is 14.1. The summed E-state index contributed by atoms with van der Waals surface area (Å²) in [6.07, 6.45) is 7.49. The Hall–Kier alpha value is -1.36. The molecule has 4 aliphatic carbocycles. The van der Waals surface area contributed by atoms with E-state index in [1.807, 2.05) is 0 Å². The Bertz CT molecular complexity index is 744. The molecule has 0 bridgehead atoms. The molecule has 0 heterocycles. The van der Waals surface area contributed by atoms with Crippen LogP contribution in [0.4, 0.5) is 0 Å². The van der Waals surface area contributed by atoms with Crippen molar-refractivity contribution in [2.24, 2.45) is 40.4 Å².